The van der Waals surface area contributed by atoms with Crippen molar-refractivity contribution in [3.05, 3.63) is 88.5 Å². The molecule has 9 heteroatoms. The summed E-state index contributed by atoms with van der Waals surface area (Å²) in [4.78, 5) is 46.5. The number of aryl methyl sites for hydroxylation is 1. The number of benzene rings is 3. The maximum Gasteiger partial charge on any atom is 0.255 e. The van der Waals surface area contributed by atoms with Crippen molar-refractivity contribution in [3.63, 3.8) is 0 Å². The van der Waals surface area contributed by atoms with Crippen molar-refractivity contribution >= 4 is 29.1 Å². The number of piperazine rings is 1. The van der Waals surface area contributed by atoms with Gasteiger partial charge in [-0.3, -0.25) is 24.6 Å². The maximum atomic E-state index is 13.1. The molecule has 3 saturated heterocycles. The lowest BCUT2D eigenvalue weighted by atomic mass is 9.66. The van der Waals surface area contributed by atoms with Gasteiger partial charge in [-0.2, -0.15) is 0 Å². The second-order valence-corrected chi connectivity index (χ2v) is 16.7. The summed E-state index contributed by atoms with van der Waals surface area (Å²) in [6, 6.07) is 21.1. The average Bonchev–Trinajstić information content (AvgIpc) is 3.48. The molecule has 6 aliphatic rings. The van der Waals surface area contributed by atoms with Gasteiger partial charge in [0, 0.05) is 81.6 Å². The van der Waals surface area contributed by atoms with Crippen LogP contribution in [0.3, 0.4) is 0 Å². The Labute approximate surface area is 313 Å². The van der Waals surface area contributed by atoms with Crippen LogP contribution < -0.4 is 15.1 Å². The molecule has 9 nitrogen and oxygen atoms in total. The van der Waals surface area contributed by atoms with E-state index in [9.17, 15) is 19.5 Å². The molecular formula is C44H53N5O4. The number of amides is 3. The topological polar surface area (TPSA) is 96.4 Å². The Morgan fingerprint density at radius 3 is 2.19 bits per heavy atom. The quantitative estimate of drug-likeness (QED) is 0.273. The van der Waals surface area contributed by atoms with Crippen molar-refractivity contribution in [2.24, 2.45) is 17.8 Å². The number of piperidine rings is 2. The summed E-state index contributed by atoms with van der Waals surface area (Å²) in [6.07, 6.45) is 10.9. The van der Waals surface area contributed by atoms with Crippen molar-refractivity contribution < 1.29 is 19.5 Å². The Kier molecular flexibility index (Phi) is 9.39. The van der Waals surface area contributed by atoms with E-state index in [4.69, 9.17) is 0 Å². The van der Waals surface area contributed by atoms with Gasteiger partial charge in [-0.15, -0.1) is 0 Å². The molecule has 9 rings (SSSR count). The summed E-state index contributed by atoms with van der Waals surface area (Å²) in [7, 11) is 0. The second kappa shape index (κ2) is 14.5. The molecule has 0 aromatic heterocycles. The van der Waals surface area contributed by atoms with E-state index in [1.165, 1.54) is 67.3 Å². The number of fused-ring (bicyclic) bond motifs is 2. The minimum Gasteiger partial charge on any atom is -0.508 e. The molecule has 1 unspecified atom stereocenters. The van der Waals surface area contributed by atoms with Gasteiger partial charge in [0.2, 0.25) is 11.8 Å². The highest BCUT2D eigenvalue weighted by atomic mass is 16.3. The lowest BCUT2D eigenvalue weighted by Crippen LogP contribution is -2.52. The van der Waals surface area contributed by atoms with Gasteiger partial charge >= 0.3 is 0 Å². The third-order valence-electron chi connectivity index (χ3n) is 13.6. The molecule has 3 aromatic carbocycles. The number of phenolic OH excluding ortho intramolecular Hbond substituents is 1. The number of rotatable bonds is 8. The summed E-state index contributed by atoms with van der Waals surface area (Å²) in [5.41, 5.74) is 8.30. The lowest BCUT2D eigenvalue weighted by Gasteiger charge is -2.40. The van der Waals surface area contributed by atoms with Gasteiger partial charge in [0.05, 0.1) is 0 Å². The molecule has 53 heavy (non-hydrogen) atoms. The van der Waals surface area contributed by atoms with E-state index in [1.54, 1.807) is 4.90 Å². The normalized spacial score (nSPS) is 25.6. The van der Waals surface area contributed by atoms with Crippen molar-refractivity contribution in [1.82, 2.24) is 15.1 Å². The average molecular weight is 716 g/mol. The number of hydrogen-bond donors (Lipinski definition) is 2. The molecular weight excluding hydrogens is 663 g/mol. The fourth-order valence-electron chi connectivity index (χ4n) is 10.3. The van der Waals surface area contributed by atoms with Gasteiger partial charge in [0.1, 0.15) is 11.8 Å². The van der Waals surface area contributed by atoms with Gasteiger partial charge in [-0.25, -0.2) is 0 Å². The van der Waals surface area contributed by atoms with Crippen molar-refractivity contribution in [2.75, 3.05) is 55.6 Å². The number of carbonyl (C=O) groups excluding carboxylic acids is 3. The highest BCUT2D eigenvalue weighted by molar-refractivity contribution is 6.05. The van der Waals surface area contributed by atoms with Crippen LogP contribution in [0, 0.1) is 17.8 Å². The van der Waals surface area contributed by atoms with Crippen molar-refractivity contribution in [2.45, 2.75) is 82.7 Å². The zero-order valence-corrected chi connectivity index (χ0v) is 30.8. The first-order chi connectivity index (χ1) is 25.9. The first-order valence-corrected chi connectivity index (χ1v) is 20.3. The van der Waals surface area contributed by atoms with E-state index in [0.717, 1.165) is 69.4 Å². The third kappa shape index (κ3) is 6.93. The molecule has 4 heterocycles. The van der Waals surface area contributed by atoms with Crippen molar-refractivity contribution in [3.8, 4) is 5.75 Å². The van der Waals surface area contributed by atoms with Crippen LogP contribution in [-0.2, 0) is 22.6 Å². The van der Waals surface area contributed by atoms with Crippen LogP contribution >= 0.6 is 0 Å². The zero-order chi connectivity index (χ0) is 36.1. The predicted molar refractivity (Wildman–Crippen MR) is 206 cm³/mol. The van der Waals surface area contributed by atoms with Gasteiger partial charge in [-0.05, 0) is 121 Å². The number of carbonyl (C=O) groups is 3. The molecule has 0 spiro atoms. The van der Waals surface area contributed by atoms with E-state index in [-0.39, 0.29) is 24.1 Å². The summed E-state index contributed by atoms with van der Waals surface area (Å²) >= 11 is 0. The Hall–Kier alpha value is -4.37. The monoisotopic (exact) mass is 715 g/mol. The number of anilines is 2. The number of nitrogens with one attached hydrogen (secondary N) is 1. The largest absolute Gasteiger partial charge is 0.508 e. The standard InChI is InChI=1S/C44H53N5O4/c50-37-11-13-38-32(26-37)4-5-33(24-29-2-1-3-29)42(38)31-6-8-35(9-7-31)47-18-16-30(17-19-47)27-46-20-22-48(23-21-46)36-10-12-39-34(25-36)28-49(44(39)53)40-14-15-41(51)45-43(40)52/h6-13,25-26,29-30,33,40,42,50H,1-5,14-24,27-28H2,(H,45,51,52)/t33-,40?,42+/m0/s1. The second-order valence-electron chi connectivity index (χ2n) is 16.7. The number of aromatic hydroxyl groups is 1. The molecule has 3 atom stereocenters. The molecule has 3 amide bonds. The van der Waals surface area contributed by atoms with Crippen molar-refractivity contribution in [1.29, 1.82) is 0 Å². The molecule has 4 aliphatic heterocycles. The van der Waals surface area contributed by atoms with Crippen LogP contribution in [0.5, 0.6) is 5.75 Å². The lowest BCUT2D eigenvalue weighted by molar-refractivity contribution is -0.136. The van der Waals surface area contributed by atoms with Gasteiger partial charge < -0.3 is 19.8 Å². The minimum atomic E-state index is -0.580. The number of nitrogens with zero attached hydrogens (tertiary/aromatic N) is 4. The Balaban J connectivity index is 0.766. The molecule has 3 aromatic rings. The van der Waals surface area contributed by atoms with Crippen LogP contribution in [0.25, 0.3) is 0 Å². The van der Waals surface area contributed by atoms with E-state index in [2.05, 4.69) is 62.5 Å². The summed E-state index contributed by atoms with van der Waals surface area (Å²) in [6.45, 7) is 7.76. The summed E-state index contributed by atoms with van der Waals surface area (Å²) in [5, 5.41) is 12.6. The number of hydrogen-bond acceptors (Lipinski definition) is 7. The third-order valence-corrected chi connectivity index (χ3v) is 13.6. The van der Waals surface area contributed by atoms with E-state index in [1.807, 2.05) is 18.2 Å². The highest BCUT2D eigenvalue weighted by Gasteiger charge is 2.39. The fraction of sp³-hybridized carbons (Fsp3) is 0.523. The Bertz CT molecular complexity index is 1860. The first-order valence-electron chi connectivity index (χ1n) is 20.3. The molecule has 278 valence electrons. The van der Waals surface area contributed by atoms with Gasteiger partial charge in [-0.1, -0.05) is 37.5 Å². The van der Waals surface area contributed by atoms with Crippen LogP contribution in [-0.4, -0.2) is 84.5 Å². The highest BCUT2D eigenvalue weighted by Crippen LogP contribution is 2.47. The number of phenols is 1. The Morgan fingerprint density at radius 2 is 1.45 bits per heavy atom. The molecule has 2 N–H and O–H groups in total. The van der Waals surface area contributed by atoms with Crippen LogP contribution in [0.4, 0.5) is 11.4 Å². The smallest absolute Gasteiger partial charge is 0.255 e. The first kappa shape index (κ1) is 34.4. The molecule has 4 fully saturated rings. The van der Waals surface area contributed by atoms with E-state index in [0.29, 0.717) is 42.0 Å². The molecule has 0 radical (unpaired) electrons. The van der Waals surface area contributed by atoms with Crippen LogP contribution in [0.2, 0.25) is 0 Å². The zero-order valence-electron chi connectivity index (χ0n) is 30.8. The molecule has 1 saturated carbocycles. The van der Waals surface area contributed by atoms with E-state index < -0.39 is 6.04 Å². The number of imide groups is 1. The van der Waals surface area contributed by atoms with Gasteiger partial charge in [0.25, 0.3) is 5.91 Å². The van der Waals surface area contributed by atoms with Gasteiger partial charge in [0.15, 0.2) is 0 Å². The van der Waals surface area contributed by atoms with E-state index >= 15 is 0 Å². The SMILES string of the molecule is O=C1CCC(N2Cc3cc(N4CCN(CC5CCN(c6ccc([C@H]7c8ccc(O)cc8CC[C@H]7CC7CCC7)cc6)CC5)CC4)ccc3C2=O)C(=O)N1. The minimum absolute atomic E-state index is 0.116. The van der Waals surface area contributed by atoms with Crippen LogP contribution in [0.1, 0.15) is 96.3 Å². The van der Waals surface area contributed by atoms with Crippen LogP contribution in [0.15, 0.2) is 60.7 Å². The maximum absolute atomic E-state index is 13.1. The Morgan fingerprint density at radius 1 is 0.698 bits per heavy atom. The molecule has 2 aliphatic carbocycles. The predicted octanol–water partition coefficient (Wildman–Crippen LogP) is 6.08. The summed E-state index contributed by atoms with van der Waals surface area (Å²) < 4.78 is 0. The molecule has 0 bridgehead atoms. The fourth-order valence-corrected chi connectivity index (χ4v) is 10.3. The summed E-state index contributed by atoms with van der Waals surface area (Å²) in [5.74, 6) is 2.35.